The van der Waals surface area contributed by atoms with E-state index in [1.165, 1.54) is 0 Å². The highest BCUT2D eigenvalue weighted by Crippen LogP contribution is 2.46. The molecular formula is C45H34Cl2N6O5. The molecule has 4 heterocycles. The van der Waals surface area contributed by atoms with Crippen LogP contribution in [0, 0.1) is 0 Å². The van der Waals surface area contributed by atoms with Crippen molar-refractivity contribution in [2.45, 2.75) is 11.8 Å². The van der Waals surface area contributed by atoms with Gasteiger partial charge in [-0.3, -0.25) is 9.59 Å². The molecule has 2 aromatic heterocycles. The number of fused-ring (bicyclic) bond motifs is 8. The van der Waals surface area contributed by atoms with Gasteiger partial charge >= 0.3 is 6.03 Å². The minimum absolute atomic E-state index is 0.0669. The van der Waals surface area contributed by atoms with Gasteiger partial charge in [0.2, 0.25) is 0 Å². The van der Waals surface area contributed by atoms with E-state index in [4.69, 9.17) is 43.5 Å². The van der Waals surface area contributed by atoms with E-state index < -0.39 is 6.03 Å². The Bertz CT molecular complexity index is 2830. The number of nitrogens with two attached hydrogens (primary N) is 2. The molecule has 58 heavy (non-hydrogen) atoms. The first-order chi connectivity index (χ1) is 28.2. The summed E-state index contributed by atoms with van der Waals surface area (Å²) in [7, 11) is 0. The predicted octanol–water partition coefficient (Wildman–Crippen LogP) is 10.3. The van der Waals surface area contributed by atoms with Gasteiger partial charge < -0.3 is 40.7 Å². The molecule has 0 fully saturated rings. The first-order valence-electron chi connectivity index (χ1n) is 18.7. The second kappa shape index (κ2) is 13.8. The Morgan fingerprint density at radius 2 is 1.00 bits per heavy atom. The summed E-state index contributed by atoms with van der Waals surface area (Å²) in [5.74, 6) is 0.241. The van der Waals surface area contributed by atoms with Gasteiger partial charge in [0.05, 0.1) is 11.4 Å². The van der Waals surface area contributed by atoms with E-state index >= 15 is 0 Å². The summed E-state index contributed by atoms with van der Waals surface area (Å²) in [6, 6.07) is 32.5. The average molecular weight is 810 g/mol. The standard InChI is InChI=1S/C45H34Cl2N6O5/c46-19-25-21-52(35-17-33(48)29-5-1-3-7-31(29)41(25)35)43(54)39-15-23-13-27(9-11-37(23)57-39)50-45(56)51-28-10-12-38-24(14-28)16-40(58-38)44(55)53-22-26(20-47)42-32-8-4-2-6-30(32)34(49)18-36(42)53/h1-18,25-26H,19-22,48-49H2,(H2,50,51,56). The highest BCUT2D eigenvalue weighted by atomic mass is 35.5. The molecule has 0 saturated heterocycles. The smallest absolute Gasteiger partial charge is 0.323 e. The minimum atomic E-state index is -0.491. The molecule has 2 aliphatic rings. The molecule has 6 N–H and O–H groups in total. The molecule has 6 aromatic carbocycles. The van der Waals surface area contributed by atoms with Crippen molar-refractivity contribution >= 4 is 119 Å². The number of carbonyl (C=O) groups is 3. The lowest BCUT2D eigenvalue weighted by molar-refractivity contribution is 0.0957. The van der Waals surface area contributed by atoms with Gasteiger partial charge in [0, 0.05) is 81.0 Å². The fraction of sp³-hybridized carbons (Fsp3) is 0.133. The molecule has 13 heteroatoms. The van der Waals surface area contributed by atoms with Crippen molar-refractivity contribution in [2.75, 3.05) is 56.8 Å². The number of benzene rings is 6. The SMILES string of the molecule is Nc1cc2c(c3ccccc13)C(CCl)CN2C(=O)c1cc2cc(NC(=O)Nc3ccc4oc(C(=O)N5CC(CCl)c6c5cc(N)c5ccccc65)cc4c3)ccc2o1. The topological polar surface area (TPSA) is 160 Å². The first-order valence-corrected chi connectivity index (χ1v) is 19.8. The lowest BCUT2D eigenvalue weighted by Gasteiger charge is -2.17. The van der Waals surface area contributed by atoms with Crippen molar-refractivity contribution in [3.05, 3.63) is 132 Å². The van der Waals surface area contributed by atoms with Crippen LogP contribution in [0.25, 0.3) is 43.5 Å². The van der Waals surface area contributed by atoms with Gasteiger partial charge in [0.15, 0.2) is 11.5 Å². The number of hydrogen-bond donors (Lipinski definition) is 4. The third-order valence-corrected chi connectivity index (χ3v) is 12.0. The minimum Gasteiger partial charge on any atom is -0.451 e. The maximum atomic E-state index is 13.9. The number of rotatable bonds is 6. The lowest BCUT2D eigenvalue weighted by atomic mass is 9.95. The summed E-state index contributed by atoms with van der Waals surface area (Å²) in [4.78, 5) is 44.4. The number of anilines is 6. The fourth-order valence-electron chi connectivity index (χ4n) is 8.59. The molecule has 10 rings (SSSR count). The molecule has 4 amide bonds. The first kappa shape index (κ1) is 35.7. The maximum absolute atomic E-state index is 13.9. The predicted molar refractivity (Wildman–Crippen MR) is 232 cm³/mol. The Morgan fingerprint density at radius 1 is 0.586 bits per heavy atom. The molecule has 11 nitrogen and oxygen atoms in total. The molecule has 0 radical (unpaired) electrons. The van der Waals surface area contributed by atoms with Gasteiger partial charge in [-0.2, -0.15) is 0 Å². The van der Waals surface area contributed by atoms with Crippen molar-refractivity contribution in [2.24, 2.45) is 0 Å². The van der Waals surface area contributed by atoms with Crippen LogP contribution in [0.15, 0.2) is 118 Å². The Labute approximate surface area is 341 Å². The third kappa shape index (κ3) is 5.76. The van der Waals surface area contributed by atoms with Crippen molar-refractivity contribution in [1.29, 1.82) is 0 Å². The Kier molecular flexibility index (Phi) is 8.47. The van der Waals surface area contributed by atoms with E-state index in [9.17, 15) is 14.4 Å². The number of hydrogen-bond acceptors (Lipinski definition) is 7. The van der Waals surface area contributed by atoms with E-state index in [1.807, 2.05) is 60.7 Å². The Balaban J connectivity index is 0.847. The van der Waals surface area contributed by atoms with E-state index in [0.717, 1.165) is 44.0 Å². The van der Waals surface area contributed by atoms with Gasteiger partial charge in [-0.25, -0.2) is 4.79 Å². The third-order valence-electron chi connectivity index (χ3n) is 11.2. The fourth-order valence-corrected chi connectivity index (χ4v) is 9.10. The number of furan rings is 2. The van der Waals surface area contributed by atoms with Crippen LogP contribution >= 0.6 is 23.2 Å². The van der Waals surface area contributed by atoms with Crippen LogP contribution in [0.5, 0.6) is 0 Å². The number of nitrogen functional groups attached to an aromatic ring is 2. The van der Waals surface area contributed by atoms with Crippen molar-refractivity contribution in [3.8, 4) is 0 Å². The van der Waals surface area contributed by atoms with Gasteiger partial charge in [-0.05, 0) is 82.6 Å². The Morgan fingerprint density at radius 3 is 1.41 bits per heavy atom. The summed E-state index contributed by atoms with van der Waals surface area (Å²) in [5, 5.41) is 10.8. The molecule has 8 aromatic rings. The molecule has 288 valence electrons. The van der Waals surface area contributed by atoms with E-state index in [0.29, 0.717) is 69.5 Å². The number of amides is 4. The Hall–Kier alpha value is -6.69. The summed E-state index contributed by atoms with van der Waals surface area (Å²) in [6.07, 6.45) is 0. The lowest BCUT2D eigenvalue weighted by Crippen LogP contribution is -2.29. The normalized spacial score (nSPS) is 16.0. The highest BCUT2D eigenvalue weighted by Gasteiger charge is 2.37. The zero-order valence-corrected chi connectivity index (χ0v) is 32.2. The molecular weight excluding hydrogens is 775 g/mol. The van der Waals surface area contributed by atoms with Crippen LogP contribution in [0.3, 0.4) is 0 Å². The van der Waals surface area contributed by atoms with Crippen LogP contribution < -0.4 is 31.9 Å². The quantitative estimate of drug-likeness (QED) is 0.0961. The van der Waals surface area contributed by atoms with Crippen LogP contribution in [0.1, 0.15) is 44.1 Å². The molecule has 0 aliphatic carbocycles. The molecule has 0 saturated carbocycles. The maximum Gasteiger partial charge on any atom is 0.323 e. The number of carbonyl (C=O) groups excluding carboxylic acids is 3. The van der Waals surface area contributed by atoms with Gasteiger partial charge in [-0.1, -0.05) is 48.5 Å². The summed E-state index contributed by atoms with van der Waals surface area (Å²) < 4.78 is 12.0. The monoisotopic (exact) mass is 808 g/mol. The number of alkyl halides is 2. The molecule has 0 bridgehead atoms. The number of nitrogens with zero attached hydrogens (tertiary/aromatic N) is 2. The summed E-state index contributed by atoms with van der Waals surface area (Å²) in [6.45, 7) is 0.791. The molecule has 0 spiro atoms. The zero-order valence-electron chi connectivity index (χ0n) is 30.7. The summed E-state index contributed by atoms with van der Waals surface area (Å²) in [5.41, 5.74) is 19.4. The number of halogens is 2. The van der Waals surface area contributed by atoms with Gasteiger partial charge in [-0.15, -0.1) is 23.2 Å². The van der Waals surface area contributed by atoms with Gasteiger partial charge in [0.1, 0.15) is 11.2 Å². The van der Waals surface area contributed by atoms with E-state index in [1.54, 1.807) is 58.3 Å². The van der Waals surface area contributed by atoms with Crippen LogP contribution in [0.2, 0.25) is 0 Å². The van der Waals surface area contributed by atoms with E-state index in [2.05, 4.69) is 10.6 Å². The zero-order chi connectivity index (χ0) is 39.8. The van der Waals surface area contributed by atoms with Crippen molar-refractivity contribution in [1.82, 2.24) is 0 Å². The number of nitrogens with one attached hydrogen (secondary N) is 2. The second-order valence-electron chi connectivity index (χ2n) is 14.7. The van der Waals surface area contributed by atoms with Crippen LogP contribution in [0.4, 0.5) is 38.9 Å². The highest BCUT2D eigenvalue weighted by molar-refractivity contribution is 6.20. The van der Waals surface area contributed by atoms with Crippen LogP contribution in [-0.4, -0.2) is 42.7 Å². The van der Waals surface area contributed by atoms with Crippen LogP contribution in [-0.2, 0) is 0 Å². The van der Waals surface area contributed by atoms with E-state index in [-0.39, 0.29) is 35.2 Å². The average Bonchev–Trinajstić information content (AvgIpc) is 4.03. The largest absolute Gasteiger partial charge is 0.451 e. The molecule has 2 atom stereocenters. The van der Waals surface area contributed by atoms with Crippen molar-refractivity contribution in [3.63, 3.8) is 0 Å². The summed E-state index contributed by atoms with van der Waals surface area (Å²) >= 11 is 12.8. The van der Waals surface area contributed by atoms with Gasteiger partial charge in [0.25, 0.3) is 11.8 Å². The molecule has 2 unspecified atom stereocenters. The molecule has 2 aliphatic heterocycles. The number of urea groups is 1. The van der Waals surface area contributed by atoms with Crippen molar-refractivity contribution < 1.29 is 23.2 Å². The second-order valence-corrected chi connectivity index (χ2v) is 15.3.